The summed E-state index contributed by atoms with van der Waals surface area (Å²) in [6, 6.07) is 4.88. The number of carbonyl (C=O) groups is 1. The number of aliphatic carboxylic acids is 1. The molecule has 0 spiro atoms. The minimum absolute atomic E-state index is 0.0602. The van der Waals surface area contributed by atoms with Crippen LogP contribution in [0, 0.1) is 5.92 Å². The van der Waals surface area contributed by atoms with E-state index in [0.29, 0.717) is 18.1 Å². The number of hydrogen-bond acceptors (Lipinski definition) is 4. The molecule has 1 aromatic rings. The average molecular weight is 282 g/mol. The fourth-order valence-corrected chi connectivity index (χ4v) is 3.84. The third-order valence-corrected chi connectivity index (χ3v) is 4.71. The van der Waals surface area contributed by atoms with Gasteiger partial charge in [-0.1, -0.05) is 13.0 Å². The van der Waals surface area contributed by atoms with E-state index in [2.05, 4.69) is 4.98 Å². The number of sulfonamides is 1. The van der Waals surface area contributed by atoms with Gasteiger partial charge in [-0.05, 0) is 24.1 Å². The Morgan fingerprint density at radius 1 is 1.53 bits per heavy atom. The van der Waals surface area contributed by atoms with Gasteiger partial charge in [-0.15, -0.1) is 0 Å². The summed E-state index contributed by atoms with van der Waals surface area (Å²) in [5, 5.41) is 8.55. The highest BCUT2D eigenvalue weighted by molar-refractivity contribution is 7.93. The van der Waals surface area contributed by atoms with Gasteiger partial charge in [0.25, 0.3) is 0 Å². The van der Waals surface area contributed by atoms with Gasteiger partial charge in [0.1, 0.15) is 5.82 Å². The number of carboxylic acids is 1. The number of pyridine rings is 1. The minimum Gasteiger partial charge on any atom is -0.478 e. The highest BCUT2D eigenvalue weighted by Gasteiger charge is 2.34. The zero-order chi connectivity index (χ0) is 14.0. The maximum absolute atomic E-state index is 11.9. The molecule has 0 bridgehead atoms. The summed E-state index contributed by atoms with van der Waals surface area (Å²) in [4.78, 5) is 14.6. The Morgan fingerprint density at radius 3 is 2.84 bits per heavy atom. The van der Waals surface area contributed by atoms with Gasteiger partial charge in [0.05, 0.1) is 11.4 Å². The van der Waals surface area contributed by atoms with Crippen molar-refractivity contribution in [2.75, 3.05) is 16.6 Å². The summed E-state index contributed by atoms with van der Waals surface area (Å²) in [5.74, 6) is -0.569. The molecule has 1 aliphatic rings. The van der Waals surface area contributed by atoms with E-state index in [1.54, 1.807) is 18.2 Å². The van der Waals surface area contributed by atoms with Crippen LogP contribution in [0.5, 0.6) is 0 Å². The zero-order valence-corrected chi connectivity index (χ0v) is 11.2. The van der Waals surface area contributed by atoms with Gasteiger partial charge in [-0.2, -0.15) is 0 Å². The summed E-state index contributed by atoms with van der Waals surface area (Å²) < 4.78 is 25.1. The number of aromatic nitrogens is 1. The molecule has 19 heavy (non-hydrogen) atoms. The molecule has 1 fully saturated rings. The van der Waals surface area contributed by atoms with E-state index in [9.17, 15) is 13.2 Å². The first-order valence-corrected chi connectivity index (χ1v) is 7.38. The topological polar surface area (TPSA) is 87.6 Å². The normalized spacial score (nSPS) is 21.9. The van der Waals surface area contributed by atoms with Crippen LogP contribution in [-0.2, 0) is 14.8 Å². The maximum atomic E-state index is 11.9. The highest BCUT2D eigenvalue weighted by Crippen LogP contribution is 2.25. The van der Waals surface area contributed by atoms with Crippen LogP contribution in [0.15, 0.2) is 24.3 Å². The van der Waals surface area contributed by atoms with E-state index in [0.717, 1.165) is 6.08 Å². The van der Waals surface area contributed by atoms with E-state index in [4.69, 9.17) is 5.11 Å². The molecule has 1 atom stereocenters. The predicted octanol–water partition coefficient (Wildman–Crippen LogP) is 0.965. The summed E-state index contributed by atoms with van der Waals surface area (Å²) in [7, 11) is -3.31. The SMILES string of the molecule is CC1CN(c2cccc(C=CC(=O)O)n2)S(=O)(=O)C1. The molecule has 0 radical (unpaired) electrons. The molecule has 1 aromatic heterocycles. The van der Waals surface area contributed by atoms with Crippen molar-refractivity contribution in [3.8, 4) is 0 Å². The second-order valence-electron chi connectivity index (χ2n) is 4.51. The number of anilines is 1. The molecule has 102 valence electrons. The first-order chi connectivity index (χ1) is 8.88. The lowest BCUT2D eigenvalue weighted by atomic mass is 10.2. The van der Waals surface area contributed by atoms with Crippen LogP contribution in [0.1, 0.15) is 12.6 Å². The molecule has 0 aromatic carbocycles. The van der Waals surface area contributed by atoms with Crippen LogP contribution < -0.4 is 4.31 Å². The van der Waals surface area contributed by atoms with Gasteiger partial charge in [-0.3, -0.25) is 4.31 Å². The van der Waals surface area contributed by atoms with Gasteiger partial charge in [0.15, 0.2) is 0 Å². The minimum atomic E-state index is -3.31. The summed E-state index contributed by atoms with van der Waals surface area (Å²) in [5.41, 5.74) is 0.412. The smallest absolute Gasteiger partial charge is 0.328 e. The van der Waals surface area contributed by atoms with E-state index >= 15 is 0 Å². The number of carboxylic acid groups (broad SMARTS) is 1. The maximum Gasteiger partial charge on any atom is 0.328 e. The standard InChI is InChI=1S/C12H14N2O4S/c1-9-7-14(19(17,18)8-9)11-4-2-3-10(13-11)5-6-12(15)16/h2-6,9H,7-8H2,1H3,(H,15,16). The summed E-state index contributed by atoms with van der Waals surface area (Å²) in [6.45, 7) is 2.27. The van der Waals surface area contributed by atoms with Crippen molar-refractivity contribution in [1.82, 2.24) is 4.98 Å². The molecule has 0 amide bonds. The first kappa shape index (κ1) is 13.5. The van der Waals surface area contributed by atoms with Gasteiger partial charge < -0.3 is 5.11 Å². The number of rotatable bonds is 3. The van der Waals surface area contributed by atoms with Crippen molar-refractivity contribution in [1.29, 1.82) is 0 Å². The summed E-state index contributed by atoms with van der Waals surface area (Å²) >= 11 is 0. The lowest BCUT2D eigenvalue weighted by molar-refractivity contribution is -0.131. The van der Waals surface area contributed by atoms with Crippen molar-refractivity contribution in [2.24, 2.45) is 5.92 Å². The Morgan fingerprint density at radius 2 is 2.26 bits per heavy atom. The molecule has 6 nitrogen and oxygen atoms in total. The Kier molecular flexibility index (Phi) is 3.57. The van der Waals surface area contributed by atoms with Crippen molar-refractivity contribution >= 4 is 27.9 Å². The average Bonchev–Trinajstić information content (AvgIpc) is 2.60. The van der Waals surface area contributed by atoms with E-state index in [1.165, 1.54) is 10.4 Å². The third-order valence-electron chi connectivity index (χ3n) is 2.72. The van der Waals surface area contributed by atoms with Crippen LogP contribution in [0.25, 0.3) is 6.08 Å². The van der Waals surface area contributed by atoms with Gasteiger partial charge >= 0.3 is 5.97 Å². The monoisotopic (exact) mass is 282 g/mol. The molecular weight excluding hydrogens is 268 g/mol. The molecule has 1 aliphatic heterocycles. The second-order valence-corrected chi connectivity index (χ2v) is 6.44. The van der Waals surface area contributed by atoms with Crippen molar-refractivity contribution in [3.05, 3.63) is 30.0 Å². The molecule has 1 unspecified atom stereocenters. The van der Waals surface area contributed by atoms with E-state index in [-0.39, 0.29) is 11.7 Å². The van der Waals surface area contributed by atoms with Gasteiger partial charge in [0.2, 0.25) is 10.0 Å². The second kappa shape index (κ2) is 5.00. The van der Waals surface area contributed by atoms with Gasteiger partial charge in [-0.25, -0.2) is 18.2 Å². The third kappa shape index (κ3) is 3.11. The Hall–Kier alpha value is -1.89. The van der Waals surface area contributed by atoms with Crippen LogP contribution in [0.4, 0.5) is 5.82 Å². The Labute approximate surface area is 111 Å². The first-order valence-electron chi connectivity index (χ1n) is 5.77. The fourth-order valence-electron chi connectivity index (χ4n) is 1.96. The number of hydrogen-bond donors (Lipinski definition) is 1. The van der Waals surface area contributed by atoms with Crippen LogP contribution in [0.2, 0.25) is 0 Å². The lowest BCUT2D eigenvalue weighted by Gasteiger charge is -2.16. The predicted molar refractivity (Wildman–Crippen MR) is 71.2 cm³/mol. The molecule has 7 heteroatoms. The molecule has 0 saturated carbocycles. The fraction of sp³-hybridized carbons (Fsp3) is 0.333. The highest BCUT2D eigenvalue weighted by atomic mass is 32.2. The van der Waals surface area contributed by atoms with Crippen LogP contribution >= 0.6 is 0 Å². The molecule has 2 heterocycles. The van der Waals surface area contributed by atoms with Crippen molar-refractivity contribution in [3.63, 3.8) is 0 Å². The molecule has 2 rings (SSSR count). The van der Waals surface area contributed by atoms with Crippen LogP contribution in [-0.4, -0.2) is 36.8 Å². The molecule has 0 aliphatic carbocycles. The van der Waals surface area contributed by atoms with E-state index < -0.39 is 16.0 Å². The zero-order valence-electron chi connectivity index (χ0n) is 10.4. The Balaban J connectivity index is 2.31. The van der Waals surface area contributed by atoms with E-state index in [1.807, 2.05) is 6.92 Å². The Bertz CT molecular complexity index is 624. The molecular formula is C12H14N2O4S. The summed E-state index contributed by atoms with van der Waals surface area (Å²) in [6.07, 6.45) is 2.30. The molecule has 1 saturated heterocycles. The van der Waals surface area contributed by atoms with Gasteiger partial charge in [0, 0.05) is 12.6 Å². The molecule has 1 N–H and O–H groups in total. The van der Waals surface area contributed by atoms with Crippen molar-refractivity contribution < 1.29 is 18.3 Å². The largest absolute Gasteiger partial charge is 0.478 e. The van der Waals surface area contributed by atoms with Crippen LogP contribution in [0.3, 0.4) is 0 Å². The quantitative estimate of drug-likeness (QED) is 0.834. The lowest BCUT2D eigenvalue weighted by Crippen LogP contribution is -2.26. The van der Waals surface area contributed by atoms with Crippen molar-refractivity contribution in [2.45, 2.75) is 6.92 Å². The number of nitrogens with zero attached hydrogens (tertiary/aromatic N) is 2.